The van der Waals surface area contributed by atoms with E-state index in [1.54, 1.807) is 54.6 Å². The van der Waals surface area contributed by atoms with Gasteiger partial charge in [-0.2, -0.15) is 0 Å². The molecule has 0 atom stereocenters. The van der Waals surface area contributed by atoms with Crippen LogP contribution in [0.1, 0.15) is 31.8 Å². The lowest BCUT2D eigenvalue weighted by molar-refractivity contribution is -0.114. The van der Waals surface area contributed by atoms with Crippen molar-refractivity contribution in [2.24, 2.45) is 0 Å². The van der Waals surface area contributed by atoms with Gasteiger partial charge < -0.3 is 0 Å². The third-order valence-electron chi connectivity index (χ3n) is 4.51. The highest BCUT2D eigenvalue weighted by Gasteiger charge is 2.31. The Hall–Kier alpha value is -4.23. The van der Waals surface area contributed by atoms with Gasteiger partial charge in [-0.15, -0.1) is 0 Å². The summed E-state index contributed by atoms with van der Waals surface area (Å²) in [7, 11) is 0. The Bertz CT molecular complexity index is 1210. The van der Waals surface area contributed by atoms with Crippen LogP contribution >= 0.6 is 0 Å². The molecule has 29 heavy (non-hydrogen) atoms. The Morgan fingerprint density at radius 1 is 0.690 bits per heavy atom. The van der Waals surface area contributed by atoms with Gasteiger partial charge in [0.15, 0.2) is 0 Å². The summed E-state index contributed by atoms with van der Waals surface area (Å²) in [6.45, 7) is 0. The number of carbonyl (C=O) groups is 3. The average molecular weight is 377 g/mol. The van der Waals surface area contributed by atoms with Crippen LogP contribution in [0, 0.1) is 11.8 Å². The minimum atomic E-state index is -0.629. The maximum Gasteiger partial charge on any atom is 0.260 e. The molecule has 0 fully saturated rings. The summed E-state index contributed by atoms with van der Waals surface area (Å²) >= 11 is 0. The second kappa shape index (κ2) is 7.79. The molecule has 4 heteroatoms. The lowest BCUT2D eigenvalue weighted by atomic mass is 9.88. The highest BCUT2D eigenvalue weighted by atomic mass is 16.2. The van der Waals surface area contributed by atoms with E-state index in [4.69, 9.17) is 0 Å². The van der Waals surface area contributed by atoms with E-state index in [0.29, 0.717) is 22.3 Å². The van der Waals surface area contributed by atoms with Gasteiger partial charge in [0.2, 0.25) is 5.78 Å². The van der Waals surface area contributed by atoms with Gasteiger partial charge in [0.25, 0.3) is 11.8 Å². The maximum atomic E-state index is 13.3. The van der Waals surface area contributed by atoms with Gasteiger partial charge in [0.05, 0.1) is 11.1 Å². The molecule has 0 unspecified atom stereocenters. The summed E-state index contributed by atoms with van der Waals surface area (Å²) in [5, 5.41) is 2.31. The molecular formula is C25H15NO3. The first-order chi connectivity index (χ1) is 14.1. The average Bonchev–Trinajstić information content (AvgIpc) is 2.77. The Kier molecular flexibility index (Phi) is 4.88. The summed E-state index contributed by atoms with van der Waals surface area (Å²) in [6.07, 6.45) is 0. The molecule has 1 heterocycles. The van der Waals surface area contributed by atoms with Crippen LogP contribution in [-0.4, -0.2) is 17.6 Å². The number of nitrogens with one attached hydrogen (secondary N) is 1. The molecule has 0 radical (unpaired) electrons. The highest BCUT2D eigenvalue weighted by molar-refractivity contribution is 6.36. The topological polar surface area (TPSA) is 63.2 Å². The van der Waals surface area contributed by atoms with Gasteiger partial charge >= 0.3 is 0 Å². The monoisotopic (exact) mass is 377 g/mol. The molecule has 1 aliphatic rings. The summed E-state index contributed by atoms with van der Waals surface area (Å²) < 4.78 is 0. The second-order valence-corrected chi connectivity index (χ2v) is 6.39. The number of amides is 2. The number of allylic oxidation sites excluding steroid dienone is 1. The third kappa shape index (κ3) is 3.62. The van der Waals surface area contributed by atoms with E-state index in [0.717, 1.165) is 0 Å². The van der Waals surface area contributed by atoms with Crippen LogP contribution in [0.2, 0.25) is 0 Å². The molecule has 1 N–H and O–H groups in total. The largest absolute Gasteiger partial charge is 0.288 e. The van der Waals surface area contributed by atoms with Crippen LogP contribution in [-0.2, 0) is 4.79 Å². The molecule has 0 spiro atoms. The fraction of sp³-hybridized carbons (Fsp3) is 0. The highest BCUT2D eigenvalue weighted by Crippen LogP contribution is 2.28. The predicted octanol–water partition coefficient (Wildman–Crippen LogP) is 3.64. The quantitative estimate of drug-likeness (QED) is 0.321. The van der Waals surface area contributed by atoms with Crippen LogP contribution in [0.3, 0.4) is 0 Å². The minimum absolute atomic E-state index is 0.0532. The third-order valence-corrected chi connectivity index (χ3v) is 4.51. The molecule has 138 valence electrons. The predicted molar refractivity (Wildman–Crippen MR) is 110 cm³/mol. The first kappa shape index (κ1) is 18.1. The number of hydrogen-bond donors (Lipinski definition) is 1. The van der Waals surface area contributed by atoms with Crippen molar-refractivity contribution < 1.29 is 14.4 Å². The van der Waals surface area contributed by atoms with Gasteiger partial charge in [0.1, 0.15) is 0 Å². The molecule has 0 saturated carbocycles. The standard InChI is InChI=1S/C25H15NO3/c27-23(18-11-5-2-6-12-18)21(16-15-17-9-3-1-4-10-17)22-19-13-7-8-14-20(19)24(28)26-25(22)29/h1-14H,(H,26,28,29)/b22-21+. The Labute approximate surface area is 167 Å². The Balaban J connectivity index is 1.96. The molecule has 0 aliphatic carbocycles. The molecule has 3 aromatic carbocycles. The summed E-state index contributed by atoms with van der Waals surface area (Å²) in [4.78, 5) is 38.2. The van der Waals surface area contributed by atoms with Crippen molar-refractivity contribution in [3.8, 4) is 11.8 Å². The van der Waals surface area contributed by atoms with Crippen molar-refractivity contribution in [1.29, 1.82) is 0 Å². The van der Waals surface area contributed by atoms with E-state index in [2.05, 4.69) is 17.2 Å². The van der Waals surface area contributed by atoms with Crippen LogP contribution < -0.4 is 5.32 Å². The lowest BCUT2D eigenvalue weighted by Crippen LogP contribution is -2.37. The number of hydrogen-bond acceptors (Lipinski definition) is 3. The zero-order valence-electron chi connectivity index (χ0n) is 15.3. The van der Waals surface area contributed by atoms with E-state index in [1.165, 1.54) is 0 Å². The van der Waals surface area contributed by atoms with Gasteiger partial charge in [0, 0.05) is 22.3 Å². The molecule has 0 saturated heterocycles. The van der Waals surface area contributed by atoms with Crippen molar-refractivity contribution in [2.75, 3.05) is 0 Å². The number of benzene rings is 3. The zero-order chi connectivity index (χ0) is 20.2. The summed E-state index contributed by atoms with van der Waals surface area (Å²) in [5.74, 6) is 4.37. The van der Waals surface area contributed by atoms with Crippen molar-refractivity contribution in [1.82, 2.24) is 5.32 Å². The Morgan fingerprint density at radius 3 is 1.97 bits per heavy atom. The lowest BCUT2D eigenvalue weighted by Gasteiger charge is -2.19. The minimum Gasteiger partial charge on any atom is -0.288 e. The number of rotatable bonds is 2. The molecule has 4 nitrogen and oxygen atoms in total. The molecule has 1 aliphatic heterocycles. The van der Waals surface area contributed by atoms with Crippen LogP contribution in [0.5, 0.6) is 0 Å². The van der Waals surface area contributed by atoms with Crippen molar-refractivity contribution >= 4 is 23.2 Å². The molecule has 2 amide bonds. The van der Waals surface area contributed by atoms with Crippen molar-refractivity contribution in [3.05, 3.63) is 113 Å². The SMILES string of the molecule is O=C1NC(=O)c2ccccc2/C1=C(/C#Cc1ccccc1)C(=O)c1ccccc1. The molecule has 3 aromatic rings. The number of ketones is 1. The zero-order valence-corrected chi connectivity index (χ0v) is 15.3. The second-order valence-electron chi connectivity index (χ2n) is 6.39. The summed E-state index contributed by atoms with van der Waals surface area (Å²) in [6, 6.07) is 24.6. The number of imide groups is 1. The molecule has 4 rings (SSSR count). The smallest absolute Gasteiger partial charge is 0.260 e. The normalized spacial score (nSPS) is 14.2. The van der Waals surface area contributed by atoms with Crippen molar-refractivity contribution in [2.45, 2.75) is 0 Å². The fourth-order valence-corrected chi connectivity index (χ4v) is 3.13. The molecular weight excluding hydrogens is 362 g/mol. The summed E-state index contributed by atoms with van der Waals surface area (Å²) in [5.41, 5.74) is 2.03. The first-order valence-electron chi connectivity index (χ1n) is 9.01. The number of fused-ring (bicyclic) bond motifs is 1. The van der Waals surface area contributed by atoms with Gasteiger partial charge in [-0.3, -0.25) is 19.7 Å². The number of Topliss-reactive ketones (excluding diaryl/α,β-unsaturated/α-hetero) is 1. The fourth-order valence-electron chi connectivity index (χ4n) is 3.13. The van der Waals surface area contributed by atoms with Crippen LogP contribution in [0.15, 0.2) is 90.5 Å². The Morgan fingerprint density at radius 2 is 1.28 bits per heavy atom. The maximum absolute atomic E-state index is 13.3. The number of carbonyl (C=O) groups excluding carboxylic acids is 3. The van der Waals surface area contributed by atoms with Crippen LogP contribution in [0.25, 0.3) is 5.57 Å². The van der Waals surface area contributed by atoms with E-state index >= 15 is 0 Å². The van der Waals surface area contributed by atoms with Crippen molar-refractivity contribution in [3.63, 3.8) is 0 Å². The molecule has 0 bridgehead atoms. The van der Waals surface area contributed by atoms with Gasteiger partial charge in [-0.05, 0) is 18.2 Å². The van der Waals surface area contributed by atoms with Gasteiger partial charge in [-0.25, -0.2) is 0 Å². The van der Waals surface area contributed by atoms with E-state index < -0.39 is 11.8 Å². The van der Waals surface area contributed by atoms with E-state index in [1.807, 2.05) is 30.3 Å². The van der Waals surface area contributed by atoms with Gasteiger partial charge in [-0.1, -0.05) is 78.6 Å². The molecule has 0 aromatic heterocycles. The van der Waals surface area contributed by atoms with E-state index in [9.17, 15) is 14.4 Å². The van der Waals surface area contributed by atoms with Crippen LogP contribution in [0.4, 0.5) is 0 Å². The first-order valence-corrected chi connectivity index (χ1v) is 9.01. The van der Waals surface area contributed by atoms with E-state index in [-0.39, 0.29) is 16.9 Å².